The van der Waals surface area contributed by atoms with Gasteiger partial charge in [-0.1, -0.05) is 6.08 Å². The molecule has 0 aromatic carbocycles. The summed E-state index contributed by atoms with van der Waals surface area (Å²) in [5.74, 6) is -0.00815. The highest BCUT2D eigenvalue weighted by Crippen LogP contribution is 2.16. The van der Waals surface area contributed by atoms with Crippen LogP contribution in [0.25, 0.3) is 0 Å². The van der Waals surface area contributed by atoms with Crippen molar-refractivity contribution in [2.45, 2.75) is 6.54 Å². The van der Waals surface area contributed by atoms with Crippen LogP contribution >= 0.6 is 31.9 Å². The third-order valence-electron chi connectivity index (χ3n) is 1.81. The molecule has 1 aromatic rings. The summed E-state index contributed by atoms with van der Waals surface area (Å²) in [5, 5.41) is 4.11. The van der Waals surface area contributed by atoms with Gasteiger partial charge in [0.25, 0.3) is 0 Å². The lowest BCUT2D eigenvalue weighted by Crippen LogP contribution is -2.30. The highest BCUT2D eigenvalue weighted by Gasteiger charge is 2.11. The van der Waals surface area contributed by atoms with Gasteiger partial charge in [0.15, 0.2) is 0 Å². The molecule has 0 spiro atoms. The molecule has 15 heavy (non-hydrogen) atoms. The fourth-order valence-corrected chi connectivity index (χ4v) is 2.16. The van der Waals surface area contributed by atoms with Crippen molar-refractivity contribution in [1.82, 2.24) is 14.7 Å². The molecule has 1 amide bonds. The Bertz CT molecular complexity index is 375. The van der Waals surface area contributed by atoms with E-state index in [0.717, 1.165) is 4.60 Å². The minimum absolute atomic E-state index is 0.00815. The normalized spacial score (nSPS) is 10.1. The number of rotatable bonds is 4. The second-order valence-electron chi connectivity index (χ2n) is 3.01. The van der Waals surface area contributed by atoms with E-state index in [1.807, 2.05) is 0 Å². The van der Waals surface area contributed by atoms with E-state index in [9.17, 15) is 4.79 Å². The van der Waals surface area contributed by atoms with Crippen LogP contribution in [0.4, 0.5) is 0 Å². The van der Waals surface area contributed by atoms with E-state index in [1.165, 1.54) is 0 Å². The first-order valence-electron chi connectivity index (χ1n) is 4.28. The topological polar surface area (TPSA) is 38.1 Å². The zero-order valence-electron chi connectivity index (χ0n) is 8.28. The molecule has 0 saturated carbocycles. The van der Waals surface area contributed by atoms with Gasteiger partial charge in [-0.15, -0.1) is 6.58 Å². The van der Waals surface area contributed by atoms with E-state index in [1.54, 1.807) is 28.8 Å². The van der Waals surface area contributed by atoms with Crippen molar-refractivity contribution in [3.63, 3.8) is 0 Å². The van der Waals surface area contributed by atoms with Crippen LogP contribution in [-0.2, 0) is 11.3 Å². The molecule has 4 nitrogen and oxygen atoms in total. The molecule has 1 heterocycles. The van der Waals surface area contributed by atoms with E-state index in [4.69, 9.17) is 0 Å². The number of amides is 1. The van der Waals surface area contributed by atoms with Crippen molar-refractivity contribution in [2.24, 2.45) is 0 Å². The molecular formula is C9H11Br2N3O. The van der Waals surface area contributed by atoms with Crippen LogP contribution < -0.4 is 0 Å². The van der Waals surface area contributed by atoms with Gasteiger partial charge in [-0.05, 0) is 31.9 Å². The molecule has 1 aromatic heterocycles. The molecule has 82 valence electrons. The molecule has 0 unspecified atom stereocenters. The Kier molecular flexibility index (Phi) is 4.53. The van der Waals surface area contributed by atoms with Crippen LogP contribution in [0.15, 0.2) is 27.9 Å². The molecule has 0 aliphatic rings. The fraction of sp³-hybridized carbons (Fsp3) is 0.333. The number of hydrogen-bond acceptors (Lipinski definition) is 2. The maximum absolute atomic E-state index is 11.6. The van der Waals surface area contributed by atoms with Crippen LogP contribution in [-0.4, -0.2) is 34.2 Å². The van der Waals surface area contributed by atoms with Gasteiger partial charge in [-0.2, -0.15) is 5.10 Å². The van der Waals surface area contributed by atoms with E-state index in [2.05, 4.69) is 43.5 Å². The minimum Gasteiger partial charge on any atom is -0.340 e. The minimum atomic E-state index is -0.00815. The zero-order chi connectivity index (χ0) is 11.4. The molecule has 0 bridgehead atoms. The number of carbonyl (C=O) groups is 1. The van der Waals surface area contributed by atoms with Gasteiger partial charge in [-0.25, -0.2) is 4.68 Å². The molecule has 0 atom stereocenters. The summed E-state index contributed by atoms with van der Waals surface area (Å²) >= 11 is 6.55. The number of aromatic nitrogens is 2. The Labute approximate surface area is 105 Å². The maximum Gasteiger partial charge on any atom is 0.244 e. The lowest BCUT2D eigenvalue weighted by atomic mass is 10.5. The quantitative estimate of drug-likeness (QED) is 0.789. The van der Waals surface area contributed by atoms with Crippen molar-refractivity contribution in [3.05, 3.63) is 27.9 Å². The van der Waals surface area contributed by atoms with Crippen molar-refractivity contribution in [3.8, 4) is 0 Å². The third-order valence-corrected chi connectivity index (χ3v) is 2.84. The third kappa shape index (κ3) is 3.46. The molecule has 0 saturated heterocycles. The molecule has 0 aliphatic heterocycles. The van der Waals surface area contributed by atoms with Crippen LogP contribution in [0.5, 0.6) is 0 Å². The summed E-state index contributed by atoms with van der Waals surface area (Å²) in [6.07, 6.45) is 1.69. The zero-order valence-corrected chi connectivity index (χ0v) is 11.5. The summed E-state index contributed by atoms with van der Waals surface area (Å²) in [7, 11) is 1.73. The number of hydrogen-bond donors (Lipinski definition) is 0. The first kappa shape index (κ1) is 12.4. The van der Waals surface area contributed by atoms with Crippen molar-refractivity contribution < 1.29 is 4.79 Å². The number of carbonyl (C=O) groups excluding carboxylic acids is 1. The SMILES string of the molecule is C=CCN(C)C(=O)Cn1nc(Br)cc1Br. The number of likely N-dealkylation sites (N-methyl/N-ethyl adjacent to an activating group) is 1. The van der Waals surface area contributed by atoms with E-state index in [0.29, 0.717) is 11.1 Å². The summed E-state index contributed by atoms with van der Waals surface area (Å²) in [6, 6.07) is 1.79. The predicted octanol–water partition coefficient (Wildman–Crippen LogP) is 2.05. The predicted molar refractivity (Wildman–Crippen MR) is 65.5 cm³/mol. The highest BCUT2D eigenvalue weighted by molar-refractivity contribution is 9.11. The fourth-order valence-electron chi connectivity index (χ4n) is 1.02. The molecule has 1 rings (SSSR count). The van der Waals surface area contributed by atoms with Crippen molar-refractivity contribution in [2.75, 3.05) is 13.6 Å². The van der Waals surface area contributed by atoms with Crippen molar-refractivity contribution in [1.29, 1.82) is 0 Å². The molecule has 0 N–H and O–H groups in total. The summed E-state index contributed by atoms with van der Waals surface area (Å²) in [6.45, 7) is 4.34. The van der Waals surface area contributed by atoms with Gasteiger partial charge < -0.3 is 4.90 Å². The lowest BCUT2D eigenvalue weighted by molar-refractivity contribution is -0.130. The van der Waals surface area contributed by atoms with E-state index in [-0.39, 0.29) is 12.5 Å². The summed E-state index contributed by atoms with van der Waals surface area (Å²) in [4.78, 5) is 13.2. The first-order valence-corrected chi connectivity index (χ1v) is 5.87. The maximum atomic E-state index is 11.6. The smallest absolute Gasteiger partial charge is 0.244 e. The Morgan fingerprint density at radius 1 is 1.73 bits per heavy atom. The number of nitrogens with zero attached hydrogens (tertiary/aromatic N) is 3. The lowest BCUT2D eigenvalue weighted by Gasteiger charge is -2.14. The first-order chi connectivity index (χ1) is 7.04. The highest BCUT2D eigenvalue weighted by atomic mass is 79.9. The molecule has 0 aliphatic carbocycles. The van der Waals surface area contributed by atoms with E-state index >= 15 is 0 Å². The Morgan fingerprint density at radius 3 is 2.87 bits per heavy atom. The monoisotopic (exact) mass is 335 g/mol. The summed E-state index contributed by atoms with van der Waals surface area (Å²) < 4.78 is 3.06. The molecule has 6 heteroatoms. The van der Waals surface area contributed by atoms with Crippen LogP contribution in [0.3, 0.4) is 0 Å². The molecule has 0 radical (unpaired) electrons. The van der Waals surface area contributed by atoms with Gasteiger partial charge in [0, 0.05) is 19.7 Å². The van der Waals surface area contributed by atoms with Gasteiger partial charge in [0.1, 0.15) is 15.8 Å². The second kappa shape index (κ2) is 5.46. The van der Waals surface area contributed by atoms with Crippen molar-refractivity contribution >= 4 is 37.8 Å². The summed E-state index contributed by atoms with van der Waals surface area (Å²) in [5.41, 5.74) is 0. The Balaban J connectivity index is 2.65. The average Bonchev–Trinajstić information content (AvgIpc) is 2.45. The standard InChI is InChI=1S/C9H11Br2N3O/c1-3-4-13(2)9(15)6-14-8(11)5-7(10)12-14/h3,5H,1,4,6H2,2H3. The van der Waals surface area contributed by atoms with Gasteiger partial charge in [0.05, 0.1) is 0 Å². The Morgan fingerprint density at radius 2 is 2.40 bits per heavy atom. The largest absolute Gasteiger partial charge is 0.340 e. The van der Waals surface area contributed by atoms with Gasteiger partial charge in [0.2, 0.25) is 5.91 Å². The second-order valence-corrected chi connectivity index (χ2v) is 4.64. The average molecular weight is 337 g/mol. The van der Waals surface area contributed by atoms with E-state index < -0.39 is 0 Å². The van der Waals surface area contributed by atoms with Gasteiger partial charge in [-0.3, -0.25) is 4.79 Å². The van der Waals surface area contributed by atoms with Crippen LogP contribution in [0, 0.1) is 0 Å². The Hall–Kier alpha value is -0.620. The van der Waals surface area contributed by atoms with Crippen LogP contribution in [0.1, 0.15) is 0 Å². The van der Waals surface area contributed by atoms with Crippen LogP contribution in [0.2, 0.25) is 0 Å². The molecular weight excluding hydrogens is 326 g/mol. The van der Waals surface area contributed by atoms with Gasteiger partial charge >= 0.3 is 0 Å². The molecule has 0 fully saturated rings. The number of halogens is 2.